The van der Waals surface area contributed by atoms with E-state index >= 15 is 0 Å². The highest BCUT2D eigenvalue weighted by atomic mass is 16.2. The molecule has 148 valence electrons. The van der Waals surface area contributed by atoms with Crippen LogP contribution in [0, 0.1) is 5.92 Å². The molecule has 2 amide bonds. The smallest absolute Gasteiger partial charge is 0.257 e. The molecule has 2 aromatic rings. The third-order valence-corrected chi connectivity index (χ3v) is 5.16. The van der Waals surface area contributed by atoms with Crippen LogP contribution in [0.5, 0.6) is 0 Å². The van der Waals surface area contributed by atoms with Gasteiger partial charge < -0.3 is 5.32 Å². The lowest BCUT2D eigenvalue weighted by Crippen LogP contribution is -2.46. The first-order chi connectivity index (χ1) is 13.7. The number of nitrogens with one attached hydrogen (secondary N) is 2. The molecule has 0 aromatic heterocycles. The van der Waals surface area contributed by atoms with Crippen LogP contribution < -0.4 is 15.8 Å². The highest BCUT2D eigenvalue weighted by Crippen LogP contribution is 2.26. The van der Waals surface area contributed by atoms with Crippen LogP contribution in [0.2, 0.25) is 0 Å². The summed E-state index contributed by atoms with van der Waals surface area (Å²) < 4.78 is 0. The maximum absolute atomic E-state index is 12.4. The van der Waals surface area contributed by atoms with E-state index in [0.717, 1.165) is 24.1 Å². The van der Waals surface area contributed by atoms with Crippen molar-refractivity contribution in [2.45, 2.75) is 45.1 Å². The number of hydrogen-bond acceptors (Lipinski definition) is 3. The Hall–Kier alpha value is -2.82. The van der Waals surface area contributed by atoms with Crippen LogP contribution in [0.1, 0.15) is 44.1 Å². The number of carbonyl (C=O) groups excluding carboxylic acids is 2. The molecule has 1 fully saturated rings. The number of carbonyl (C=O) groups is 2. The number of para-hydroxylation sites is 1. The first-order valence-corrected chi connectivity index (χ1v) is 10.1. The van der Waals surface area contributed by atoms with Gasteiger partial charge in [-0.15, -0.1) is 0 Å². The van der Waals surface area contributed by atoms with Crippen LogP contribution in [0.4, 0.5) is 5.69 Å². The van der Waals surface area contributed by atoms with E-state index < -0.39 is 0 Å². The Kier molecular flexibility index (Phi) is 7.47. The first-order valence-electron chi connectivity index (χ1n) is 10.1. The van der Waals surface area contributed by atoms with Crippen LogP contribution in [-0.2, 0) is 16.1 Å². The molecule has 1 aliphatic carbocycles. The summed E-state index contributed by atoms with van der Waals surface area (Å²) in [4.78, 5) is 24.6. The molecule has 0 bridgehead atoms. The largest absolute Gasteiger partial charge is 0.347 e. The Morgan fingerprint density at radius 1 is 0.857 bits per heavy atom. The Labute approximate surface area is 167 Å². The van der Waals surface area contributed by atoms with Gasteiger partial charge in [-0.3, -0.25) is 20.0 Å². The molecule has 5 nitrogen and oxygen atoms in total. The van der Waals surface area contributed by atoms with Crippen molar-refractivity contribution < 1.29 is 9.59 Å². The number of rotatable bonds is 8. The molecule has 0 heterocycles. The molecule has 0 radical (unpaired) electrons. The predicted molar refractivity (Wildman–Crippen MR) is 111 cm³/mol. The number of benzene rings is 2. The van der Waals surface area contributed by atoms with Crippen LogP contribution in [0.15, 0.2) is 60.7 Å². The summed E-state index contributed by atoms with van der Waals surface area (Å²) in [6, 6.07) is 19.7. The molecule has 0 aliphatic heterocycles. The third kappa shape index (κ3) is 6.41. The molecule has 1 aliphatic rings. The van der Waals surface area contributed by atoms with Crippen molar-refractivity contribution in [1.29, 1.82) is 0 Å². The van der Waals surface area contributed by atoms with Crippen LogP contribution >= 0.6 is 0 Å². The maximum Gasteiger partial charge on any atom is 0.257 e. The summed E-state index contributed by atoms with van der Waals surface area (Å²) in [6.07, 6.45) is 6.47. The lowest BCUT2D eigenvalue weighted by Gasteiger charge is -2.26. The van der Waals surface area contributed by atoms with E-state index in [0.29, 0.717) is 18.9 Å². The van der Waals surface area contributed by atoms with E-state index in [4.69, 9.17) is 0 Å². The van der Waals surface area contributed by atoms with Crippen molar-refractivity contribution in [1.82, 2.24) is 10.7 Å². The minimum atomic E-state index is -0.225. The Morgan fingerprint density at radius 3 is 2.18 bits per heavy atom. The Bertz CT molecular complexity index is 743. The SMILES string of the molecule is O=C(CC1CCCCC1)NCC(=O)NN(Cc1ccccc1)c1ccccc1. The molecule has 0 unspecified atom stereocenters. The third-order valence-electron chi connectivity index (χ3n) is 5.16. The second kappa shape index (κ2) is 10.5. The zero-order valence-corrected chi connectivity index (χ0v) is 16.3. The van der Waals surface area contributed by atoms with Gasteiger partial charge in [0, 0.05) is 6.42 Å². The normalized spacial score (nSPS) is 14.3. The van der Waals surface area contributed by atoms with E-state index in [9.17, 15) is 9.59 Å². The summed E-state index contributed by atoms with van der Waals surface area (Å²) >= 11 is 0. The zero-order chi connectivity index (χ0) is 19.6. The quantitative estimate of drug-likeness (QED) is 0.686. The second-order valence-corrected chi connectivity index (χ2v) is 7.43. The van der Waals surface area contributed by atoms with Crippen LogP contribution in [0.25, 0.3) is 0 Å². The minimum Gasteiger partial charge on any atom is -0.347 e. The number of hydrazine groups is 1. The van der Waals surface area contributed by atoms with Gasteiger partial charge in [-0.05, 0) is 36.5 Å². The Balaban J connectivity index is 1.52. The highest BCUT2D eigenvalue weighted by Gasteiger charge is 2.18. The number of hydrogen-bond donors (Lipinski definition) is 2. The van der Waals surface area contributed by atoms with Crippen molar-refractivity contribution in [2.24, 2.45) is 5.92 Å². The van der Waals surface area contributed by atoms with Gasteiger partial charge in [0.1, 0.15) is 0 Å². The van der Waals surface area contributed by atoms with E-state index in [1.807, 2.05) is 65.7 Å². The van der Waals surface area contributed by atoms with Crippen LogP contribution in [0.3, 0.4) is 0 Å². The average Bonchev–Trinajstić information content (AvgIpc) is 2.74. The lowest BCUT2D eigenvalue weighted by atomic mass is 9.87. The summed E-state index contributed by atoms with van der Waals surface area (Å²) in [5.41, 5.74) is 4.91. The Morgan fingerprint density at radius 2 is 1.50 bits per heavy atom. The standard InChI is InChI=1S/C23H29N3O2/c27-22(16-19-10-4-1-5-11-19)24-17-23(28)25-26(21-14-8-3-9-15-21)18-20-12-6-2-7-13-20/h2-3,6-9,12-15,19H,1,4-5,10-11,16-18H2,(H,24,27)(H,25,28). The zero-order valence-electron chi connectivity index (χ0n) is 16.3. The summed E-state index contributed by atoms with van der Waals surface area (Å²) in [7, 11) is 0. The molecule has 0 saturated heterocycles. The molecule has 0 spiro atoms. The minimum absolute atomic E-state index is 0.0102. The van der Waals surface area contributed by atoms with Crippen molar-refractivity contribution in [3.05, 3.63) is 66.2 Å². The first kappa shape index (κ1) is 19.9. The molecule has 2 aromatic carbocycles. The molecule has 28 heavy (non-hydrogen) atoms. The van der Waals surface area contributed by atoms with E-state index in [-0.39, 0.29) is 18.4 Å². The van der Waals surface area contributed by atoms with Gasteiger partial charge in [0.25, 0.3) is 5.91 Å². The van der Waals surface area contributed by atoms with Gasteiger partial charge >= 0.3 is 0 Å². The average molecular weight is 380 g/mol. The van der Waals surface area contributed by atoms with Crippen molar-refractivity contribution in [3.8, 4) is 0 Å². The van der Waals surface area contributed by atoms with Crippen molar-refractivity contribution >= 4 is 17.5 Å². The summed E-state index contributed by atoms with van der Waals surface area (Å²) in [5, 5.41) is 4.58. The lowest BCUT2D eigenvalue weighted by molar-refractivity contribution is -0.126. The topological polar surface area (TPSA) is 61.4 Å². The second-order valence-electron chi connectivity index (χ2n) is 7.43. The molecule has 1 saturated carbocycles. The van der Waals surface area contributed by atoms with Gasteiger partial charge in [-0.2, -0.15) is 0 Å². The van der Waals surface area contributed by atoms with Crippen LogP contribution in [-0.4, -0.2) is 18.4 Å². The van der Waals surface area contributed by atoms with Gasteiger partial charge in [-0.1, -0.05) is 67.8 Å². The van der Waals surface area contributed by atoms with E-state index in [2.05, 4.69) is 10.7 Å². The molecular formula is C23H29N3O2. The van der Waals surface area contributed by atoms with Gasteiger partial charge in [-0.25, -0.2) is 0 Å². The monoisotopic (exact) mass is 379 g/mol. The number of nitrogens with zero attached hydrogens (tertiary/aromatic N) is 1. The maximum atomic E-state index is 12.4. The number of amides is 2. The molecule has 5 heteroatoms. The van der Waals surface area contributed by atoms with E-state index in [1.165, 1.54) is 19.3 Å². The van der Waals surface area contributed by atoms with E-state index in [1.54, 1.807) is 0 Å². The molecular weight excluding hydrogens is 350 g/mol. The van der Waals surface area contributed by atoms with Crippen molar-refractivity contribution in [3.63, 3.8) is 0 Å². The fourth-order valence-corrected chi connectivity index (χ4v) is 3.66. The summed E-state index contributed by atoms with van der Waals surface area (Å²) in [6.45, 7) is 0.538. The fraction of sp³-hybridized carbons (Fsp3) is 0.391. The fourth-order valence-electron chi connectivity index (χ4n) is 3.66. The molecule has 2 N–H and O–H groups in total. The number of anilines is 1. The van der Waals surface area contributed by atoms with Gasteiger partial charge in [0.15, 0.2) is 0 Å². The molecule has 3 rings (SSSR count). The predicted octanol–water partition coefficient (Wildman–Crippen LogP) is 3.81. The summed E-state index contributed by atoms with van der Waals surface area (Å²) in [5.74, 6) is 0.212. The van der Waals surface area contributed by atoms with Gasteiger partial charge in [0.05, 0.1) is 18.8 Å². The highest BCUT2D eigenvalue weighted by molar-refractivity contribution is 5.85. The van der Waals surface area contributed by atoms with Gasteiger partial charge in [0.2, 0.25) is 5.91 Å². The van der Waals surface area contributed by atoms with Crippen molar-refractivity contribution in [2.75, 3.05) is 11.6 Å². The molecule has 0 atom stereocenters.